The molecule has 15 heavy (non-hydrogen) atoms. The van der Waals surface area contributed by atoms with Gasteiger partial charge in [-0.25, -0.2) is 0 Å². The van der Waals surface area contributed by atoms with Crippen LogP contribution in [0.25, 0.3) is 10.1 Å². The van der Waals surface area contributed by atoms with Gasteiger partial charge in [0, 0.05) is 18.0 Å². The molecule has 2 rings (SSSR count). The van der Waals surface area contributed by atoms with E-state index in [0.29, 0.717) is 6.61 Å². The Hall–Kier alpha value is -1.35. The van der Waals surface area contributed by atoms with Crippen LogP contribution >= 0.6 is 11.3 Å². The highest BCUT2D eigenvalue weighted by atomic mass is 32.1. The molecule has 0 radical (unpaired) electrons. The number of hydrogen-bond donors (Lipinski definition) is 0. The van der Waals surface area contributed by atoms with Crippen molar-refractivity contribution in [1.29, 1.82) is 0 Å². The molecule has 0 saturated heterocycles. The van der Waals surface area contributed by atoms with Crippen molar-refractivity contribution in [2.24, 2.45) is 0 Å². The lowest BCUT2D eigenvalue weighted by atomic mass is 10.1. The molecule has 0 aliphatic rings. The van der Waals surface area contributed by atoms with Crippen molar-refractivity contribution < 1.29 is 9.53 Å². The molecule has 1 heterocycles. The standard InChI is InChI=1S/C12H12O2S/c1-9(13)14-7-6-10-8-15-12-5-3-2-4-11(10)12/h2-5,8H,6-7H2,1H3. The van der Waals surface area contributed by atoms with Crippen LogP contribution in [0, 0.1) is 0 Å². The fourth-order valence-electron chi connectivity index (χ4n) is 1.53. The molecule has 2 aromatic rings. The monoisotopic (exact) mass is 220 g/mol. The van der Waals surface area contributed by atoms with Crippen LogP contribution in [0.4, 0.5) is 0 Å². The SMILES string of the molecule is CC(=O)OCCc1csc2ccccc12. The molecule has 0 spiro atoms. The number of ether oxygens (including phenoxy) is 1. The number of fused-ring (bicyclic) bond motifs is 1. The van der Waals surface area contributed by atoms with Crippen LogP contribution in [0.3, 0.4) is 0 Å². The quantitative estimate of drug-likeness (QED) is 0.743. The van der Waals surface area contributed by atoms with Gasteiger partial charge >= 0.3 is 5.97 Å². The first-order chi connectivity index (χ1) is 7.27. The second-order valence-corrected chi connectivity index (χ2v) is 4.26. The number of carbonyl (C=O) groups is 1. The van der Waals surface area contributed by atoms with Crippen molar-refractivity contribution in [1.82, 2.24) is 0 Å². The average Bonchev–Trinajstić information content (AvgIpc) is 2.62. The van der Waals surface area contributed by atoms with Crippen molar-refractivity contribution in [3.05, 3.63) is 35.2 Å². The molecule has 0 bridgehead atoms. The fourth-order valence-corrected chi connectivity index (χ4v) is 2.53. The highest BCUT2D eigenvalue weighted by Crippen LogP contribution is 2.25. The maximum atomic E-state index is 10.6. The second-order valence-electron chi connectivity index (χ2n) is 3.35. The third-order valence-electron chi connectivity index (χ3n) is 2.24. The van der Waals surface area contributed by atoms with Crippen LogP contribution < -0.4 is 0 Å². The van der Waals surface area contributed by atoms with Gasteiger partial charge in [-0.3, -0.25) is 4.79 Å². The van der Waals surface area contributed by atoms with Crippen LogP contribution in [-0.2, 0) is 16.0 Å². The zero-order valence-corrected chi connectivity index (χ0v) is 9.34. The molecular formula is C12H12O2S. The first-order valence-electron chi connectivity index (χ1n) is 4.86. The first kappa shape index (κ1) is 10.2. The Kier molecular flexibility index (Phi) is 3.02. The van der Waals surface area contributed by atoms with Crippen molar-refractivity contribution in [2.75, 3.05) is 6.61 Å². The summed E-state index contributed by atoms with van der Waals surface area (Å²) in [4.78, 5) is 10.6. The summed E-state index contributed by atoms with van der Waals surface area (Å²) in [5, 5.41) is 3.41. The number of thiophene rings is 1. The van der Waals surface area contributed by atoms with E-state index in [-0.39, 0.29) is 5.97 Å². The highest BCUT2D eigenvalue weighted by Gasteiger charge is 2.03. The minimum atomic E-state index is -0.213. The molecule has 2 nitrogen and oxygen atoms in total. The summed E-state index contributed by atoms with van der Waals surface area (Å²) in [6.07, 6.45) is 0.795. The van der Waals surface area contributed by atoms with Gasteiger partial charge in [0.15, 0.2) is 0 Å². The Morgan fingerprint density at radius 2 is 2.20 bits per heavy atom. The van der Waals surface area contributed by atoms with E-state index in [0.717, 1.165) is 6.42 Å². The van der Waals surface area contributed by atoms with Crippen LogP contribution in [0.1, 0.15) is 12.5 Å². The zero-order chi connectivity index (χ0) is 10.7. The van der Waals surface area contributed by atoms with E-state index in [1.165, 1.54) is 22.6 Å². The summed E-state index contributed by atoms with van der Waals surface area (Å²) >= 11 is 1.73. The second kappa shape index (κ2) is 4.45. The van der Waals surface area contributed by atoms with Crippen molar-refractivity contribution in [3.8, 4) is 0 Å². The summed E-state index contributed by atoms with van der Waals surface area (Å²) < 4.78 is 6.22. The Balaban J connectivity index is 2.11. The van der Waals surface area contributed by atoms with Gasteiger partial charge in [-0.2, -0.15) is 0 Å². The molecule has 0 unspecified atom stereocenters. The molecule has 0 fully saturated rings. The number of hydrogen-bond acceptors (Lipinski definition) is 3. The summed E-state index contributed by atoms with van der Waals surface area (Å²) in [6, 6.07) is 8.28. The van der Waals surface area contributed by atoms with Gasteiger partial charge in [0.05, 0.1) is 6.61 Å². The summed E-state index contributed by atoms with van der Waals surface area (Å²) in [7, 11) is 0. The lowest BCUT2D eigenvalue weighted by Crippen LogP contribution is -2.02. The average molecular weight is 220 g/mol. The largest absolute Gasteiger partial charge is 0.466 e. The van der Waals surface area contributed by atoms with E-state index in [9.17, 15) is 4.79 Å². The minimum absolute atomic E-state index is 0.213. The van der Waals surface area contributed by atoms with E-state index in [1.807, 2.05) is 12.1 Å². The smallest absolute Gasteiger partial charge is 0.302 e. The normalized spacial score (nSPS) is 10.5. The first-order valence-corrected chi connectivity index (χ1v) is 5.74. The molecule has 3 heteroatoms. The van der Waals surface area contributed by atoms with Gasteiger partial charge in [0.25, 0.3) is 0 Å². The Morgan fingerprint density at radius 1 is 1.40 bits per heavy atom. The van der Waals surface area contributed by atoms with Gasteiger partial charge in [0.1, 0.15) is 0 Å². The van der Waals surface area contributed by atoms with Crippen molar-refractivity contribution >= 4 is 27.4 Å². The predicted molar refractivity (Wildman–Crippen MR) is 62.2 cm³/mol. The lowest BCUT2D eigenvalue weighted by Gasteiger charge is -2.00. The summed E-state index contributed by atoms with van der Waals surface area (Å²) in [5.41, 5.74) is 1.26. The fraction of sp³-hybridized carbons (Fsp3) is 0.250. The van der Waals surface area contributed by atoms with Crippen molar-refractivity contribution in [3.63, 3.8) is 0 Å². The van der Waals surface area contributed by atoms with Gasteiger partial charge in [-0.05, 0) is 22.4 Å². The maximum absolute atomic E-state index is 10.6. The molecule has 78 valence electrons. The molecule has 0 N–H and O–H groups in total. The van der Waals surface area contributed by atoms with E-state index < -0.39 is 0 Å². The Labute approximate surface area is 92.5 Å². The molecule has 0 saturated carbocycles. The van der Waals surface area contributed by atoms with Crippen LogP contribution in [0.2, 0.25) is 0 Å². The molecule has 0 aliphatic heterocycles. The Bertz CT molecular complexity index is 473. The van der Waals surface area contributed by atoms with Crippen LogP contribution in [-0.4, -0.2) is 12.6 Å². The number of carbonyl (C=O) groups excluding carboxylic acids is 1. The maximum Gasteiger partial charge on any atom is 0.302 e. The van der Waals surface area contributed by atoms with Crippen LogP contribution in [0.15, 0.2) is 29.6 Å². The molecular weight excluding hydrogens is 208 g/mol. The van der Waals surface area contributed by atoms with E-state index >= 15 is 0 Å². The van der Waals surface area contributed by atoms with Gasteiger partial charge < -0.3 is 4.74 Å². The van der Waals surface area contributed by atoms with E-state index in [2.05, 4.69) is 17.5 Å². The number of rotatable bonds is 3. The number of esters is 1. The van der Waals surface area contributed by atoms with Crippen LogP contribution in [0.5, 0.6) is 0 Å². The minimum Gasteiger partial charge on any atom is -0.466 e. The Morgan fingerprint density at radius 3 is 3.00 bits per heavy atom. The van der Waals surface area contributed by atoms with E-state index in [4.69, 9.17) is 4.74 Å². The third kappa shape index (κ3) is 2.36. The molecule has 1 aromatic carbocycles. The predicted octanol–water partition coefficient (Wildman–Crippen LogP) is 3.01. The molecule has 0 amide bonds. The van der Waals surface area contributed by atoms with E-state index in [1.54, 1.807) is 11.3 Å². The topological polar surface area (TPSA) is 26.3 Å². The third-order valence-corrected chi connectivity index (χ3v) is 3.25. The molecule has 1 aromatic heterocycles. The highest BCUT2D eigenvalue weighted by molar-refractivity contribution is 7.17. The summed E-state index contributed by atoms with van der Waals surface area (Å²) in [5.74, 6) is -0.213. The summed E-state index contributed by atoms with van der Waals surface area (Å²) in [6.45, 7) is 1.90. The zero-order valence-electron chi connectivity index (χ0n) is 8.53. The molecule has 0 atom stereocenters. The molecule has 0 aliphatic carbocycles. The number of benzene rings is 1. The van der Waals surface area contributed by atoms with Gasteiger partial charge in [-0.15, -0.1) is 11.3 Å². The van der Waals surface area contributed by atoms with Crippen molar-refractivity contribution in [2.45, 2.75) is 13.3 Å². The van der Waals surface area contributed by atoms with Gasteiger partial charge in [-0.1, -0.05) is 18.2 Å². The lowest BCUT2D eigenvalue weighted by molar-refractivity contribution is -0.140. The van der Waals surface area contributed by atoms with Gasteiger partial charge in [0.2, 0.25) is 0 Å².